The Morgan fingerprint density at radius 2 is 1.83 bits per heavy atom. The molecule has 1 heterocycles. The van der Waals surface area contributed by atoms with Crippen LogP contribution in [0.25, 0.3) is 0 Å². The van der Waals surface area contributed by atoms with E-state index in [1.165, 1.54) is 0 Å². The molecule has 1 saturated carbocycles. The first-order valence-electron chi connectivity index (χ1n) is 8.31. The van der Waals surface area contributed by atoms with E-state index in [-0.39, 0.29) is 17.7 Å². The highest BCUT2D eigenvalue weighted by Crippen LogP contribution is 2.38. The Balaban J connectivity index is 2.03. The summed E-state index contributed by atoms with van der Waals surface area (Å²) in [7, 11) is 3.26. The van der Waals surface area contributed by atoms with Crippen molar-refractivity contribution in [1.82, 2.24) is 5.01 Å². The van der Waals surface area contributed by atoms with Gasteiger partial charge in [0.25, 0.3) is 0 Å². The van der Waals surface area contributed by atoms with Gasteiger partial charge in [-0.05, 0) is 38.0 Å². The fourth-order valence-corrected chi connectivity index (χ4v) is 3.69. The smallest absolute Gasteiger partial charge is 0.246 e. The Morgan fingerprint density at radius 3 is 2.48 bits per heavy atom. The number of ether oxygens (including phenoxy) is 2. The van der Waals surface area contributed by atoms with Crippen molar-refractivity contribution in [3.63, 3.8) is 0 Å². The molecule has 1 aromatic rings. The molecular weight excluding hydrogens is 292 g/mol. The van der Waals surface area contributed by atoms with Crippen LogP contribution in [0.4, 0.5) is 0 Å². The summed E-state index contributed by atoms with van der Waals surface area (Å²) in [6.45, 7) is 2.58. The van der Waals surface area contributed by atoms with Crippen molar-refractivity contribution in [3.8, 4) is 11.5 Å². The third-order valence-corrected chi connectivity index (χ3v) is 4.90. The minimum Gasteiger partial charge on any atom is -0.493 e. The van der Waals surface area contributed by atoms with Crippen molar-refractivity contribution >= 4 is 11.6 Å². The van der Waals surface area contributed by atoms with Crippen molar-refractivity contribution in [3.05, 3.63) is 23.8 Å². The van der Waals surface area contributed by atoms with Crippen LogP contribution in [0.15, 0.2) is 23.3 Å². The van der Waals surface area contributed by atoms with Crippen LogP contribution >= 0.6 is 0 Å². The number of nitrogens with zero attached hydrogens (tertiary/aromatic N) is 2. The number of carbonyl (C=O) groups excluding carboxylic acids is 1. The summed E-state index contributed by atoms with van der Waals surface area (Å²) in [6, 6.07) is 5.88. The van der Waals surface area contributed by atoms with Gasteiger partial charge in [0.15, 0.2) is 11.5 Å². The lowest BCUT2D eigenvalue weighted by Gasteiger charge is -2.38. The van der Waals surface area contributed by atoms with Crippen molar-refractivity contribution in [1.29, 1.82) is 0 Å². The molecule has 1 fully saturated rings. The SMILES string of the molecule is CCN1N=C(c2ccc(OC)c(OC)c2)[C@@H]2CCCC[C@@H]2C1=O. The van der Waals surface area contributed by atoms with Crippen molar-refractivity contribution in [2.24, 2.45) is 16.9 Å². The van der Waals surface area contributed by atoms with Crippen LogP contribution in [-0.2, 0) is 4.79 Å². The number of amides is 1. The van der Waals surface area contributed by atoms with Gasteiger partial charge in [0.1, 0.15) is 0 Å². The molecule has 1 aliphatic carbocycles. The standard InChI is InChI=1S/C18H24N2O3/c1-4-20-18(21)14-8-6-5-7-13(14)17(19-20)12-9-10-15(22-2)16(11-12)23-3/h9-11,13-14H,4-8H2,1-3H3/t13-,14+/m1/s1. The van der Waals surface area contributed by atoms with Gasteiger partial charge >= 0.3 is 0 Å². The van der Waals surface area contributed by atoms with Gasteiger partial charge in [0.05, 0.1) is 19.9 Å². The lowest BCUT2D eigenvalue weighted by Crippen LogP contribution is -2.46. The van der Waals surface area contributed by atoms with Crippen LogP contribution in [0.2, 0.25) is 0 Å². The molecular formula is C18H24N2O3. The van der Waals surface area contributed by atoms with E-state index in [0.29, 0.717) is 18.0 Å². The molecule has 124 valence electrons. The second-order valence-corrected chi connectivity index (χ2v) is 6.11. The summed E-state index contributed by atoms with van der Waals surface area (Å²) in [4.78, 5) is 12.6. The summed E-state index contributed by atoms with van der Waals surface area (Å²) < 4.78 is 10.7. The molecule has 2 aliphatic rings. The molecule has 1 amide bonds. The van der Waals surface area contributed by atoms with E-state index in [1.54, 1.807) is 19.2 Å². The van der Waals surface area contributed by atoms with Crippen LogP contribution in [0.1, 0.15) is 38.2 Å². The third kappa shape index (κ3) is 2.80. The molecule has 0 saturated heterocycles. The zero-order chi connectivity index (χ0) is 16.4. The average Bonchev–Trinajstić information content (AvgIpc) is 2.61. The van der Waals surface area contributed by atoms with E-state index in [9.17, 15) is 4.79 Å². The Morgan fingerprint density at radius 1 is 1.13 bits per heavy atom. The van der Waals surface area contributed by atoms with Gasteiger partial charge in [0, 0.05) is 23.9 Å². The summed E-state index contributed by atoms with van der Waals surface area (Å²) in [5.41, 5.74) is 2.03. The minimum atomic E-state index is 0.0734. The summed E-state index contributed by atoms with van der Waals surface area (Å²) in [5.74, 6) is 1.87. The number of rotatable bonds is 4. The molecule has 5 nitrogen and oxygen atoms in total. The molecule has 0 aromatic heterocycles. The number of carbonyl (C=O) groups is 1. The lowest BCUT2D eigenvalue weighted by molar-refractivity contribution is -0.138. The van der Waals surface area contributed by atoms with E-state index < -0.39 is 0 Å². The van der Waals surface area contributed by atoms with Gasteiger partial charge in [-0.2, -0.15) is 5.10 Å². The first-order chi connectivity index (χ1) is 11.2. The first kappa shape index (κ1) is 15.8. The van der Waals surface area contributed by atoms with Gasteiger partial charge in [-0.15, -0.1) is 0 Å². The molecule has 0 spiro atoms. The average molecular weight is 316 g/mol. The number of methoxy groups -OCH3 is 2. The fraction of sp³-hybridized carbons (Fsp3) is 0.556. The van der Waals surface area contributed by atoms with Gasteiger partial charge in [0.2, 0.25) is 5.91 Å². The minimum absolute atomic E-state index is 0.0734. The zero-order valence-electron chi connectivity index (χ0n) is 14.0. The lowest BCUT2D eigenvalue weighted by atomic mass is 9.73. The second kappa shape index (κ2) is 6.60. The van der Waals surface area contributed by atoms with Crippen LogP contribution < -0.4 is 9.47 Å². The van der Waals surface area contributed by atoms with Gasteiger partial charge in [-0.1, -0.05) is 12.8 Å². The van der Waals surface area contributed by atoms with E-state index in [1.807, 2.05) is 25.1 Å². The van der Waals surface area contributed by atoms with Crippen LogP contribution in [0, 0.1) is 11.8 Å². The third-order valence-electron chi connectivity index (χ3n) is 4.90. The second-order valence-electron chi connectivity index (χ2n) is 6.11. The fourth-order valence-electron chi connectivity index (χ4n) is 3.69. The molecule has 2 atom stereocenters. The predicted molar refractivity (Wildman–Crippen MR) is 88.9 cm³/mol. The maximum atomic E-state index is 12.6. The van der Waals surface area contributed by atoms with E-state index in [2.05, 4.69) is 5.10 Å². The Hall–Kier alpha value is -2.04. The molecule has 0 N–H and O–H groups in total. The van der Waals surface area contributed by atoms with Crippen LogP contribution in [0.3, 0.4) is 0 Å². The number of hydrogen-bond donors (Lipinski definition) is 0. The molecule has 0 radical (unpaired) electrons. The summed E-state index contributed by atoms with van der Waals surface area (Å²) in [5, 5.41) is 6.29. The Labute approximate surface area is 137 Å². The largest absolute Gasteiger partial charge is 0.493 e. The predicted octanol–water partition coefficient (Wildman–Crippen LogP) is 3.08. The van der Waals surface area contributed by atoms with Crippen molar-refractivity contribution < 1.29 is 14.3 Å². The molecule has 0 unspecified atom stereocenters. The number of hydrogen-bond acceptors (Lipinski definition) is 4. The van der Waals surface area contributed by atoms with Gasteiger partial charge in [-0.25, -0.2) is 5.01 Å². The first-order valence-corrected chi connectivity index (χ1v) is 8.31. The number of fused-ring (bicyclic) bond motifs is 1. The topological polar surface area (TPSA) is 51.1 Å². The Kier molecular flexibility index (Phi) is 4.55. The Bertz CT molecular complexity index is 627. The molecule has 1 aliphatic heterocycles. The summed E-state index contributed by atoms with van der Waals surface area (Å²) >= 11 is 0. The molecule has 3 rings (SSSR count). The highest BCUT2D eigenvalue weighted by atomic mass is 16.5. The highest BCUT2D eigenvalue weighted by molar-refractivity contribution is 6.07. The molecule has 0 bridgehead atoms. The summed E-state index contributed by atoms with van der Waals surface area (Å²) in [6.07, 6.45) is 4.28. The highest BCUT2D eigenvalue weighted by Gasteiger charge is 2.40. The zero-order valence-corrected chi connectivity index (χ0v) is 14.0. The van der Waals surface area contributed by atoms with E-state index in [0.717, 1.165) is 37.0 Å². The van der Waals surface area contributed by atoms with Crippen LogP contribution in [-0.4, -0.2) is 37.4 Å². The van der Waals surface area contributed by atoms with E-state index >= 15 is 0 Å². The van der Waals surface area contributed by atoms with Crippen molar-refractivity contribution in [2.45, 2.75) is 32.6 Å². The number of benzene rings is 1. The molecule has 5 heteroatoms. The maximum absolute atomic E-state index is 12.6. The molecule has 23 heavy (non-hydrogen) atoms. The number of hydrazone groups is 1. The monoisotopic (exact) mass is 316 g/mol. The van der Waals surface area contributed by atoms with Gasteiger partial charge in [-0.3, -0.25) is 4.79 Å². The van der Waals surface area contributed by atoms with E-state index in [4.69, 9.17) is 9.47 Å². The molecule has 1 aromatic carbocycles. The normalized spacial score (nSPS) is 24.0. The van der Waals surface area contributed by atoms with Crippen LogP contribution in [0.5, 0.6) is 11.5 Å². The van der Waals surface area contributed by atoms with Gasteiger partial charge < -0.3 is 9.47 Å². The van der Waals surface area contributed by atoms with Crippen molar-refractivity contribution in [2.75, 3.05) is 20.8 Å². The maximum Gasteiger partial charge on any atom is 0.246 e. The quantitative estimate of drug-likeness (QED) is 0.858.